The summed E-state index contributed by atoms with van der Waals surface area (Å²) in [4.78, 5) is 12.1. The van der Waals surface area contributed by atoms with Crippen LogP contribution < -0.4 is 5.32 Å². The van der Waals surface area contributed by atoms with Gasteiger partial charge >= 0.3 is 0 Å². The van der Waals surface area contributed by atoms with Gasteiger partial charge in [-0.3, -0.25) is 9.48 Å². The molecule has 1 aromatic heterocycles. The molecule has 3 rings (SSSR count). The summed E-state index contributed by atoms with van der Waals surface area (Å²) < 4.78 is 28.3. The number of carbonyl (C=O) groups excluding carboxylic acids is 1. The summed E-state index contributed by atoms with van der Waals surface area (Å²) in [5.74, 6) is -1.84. The SMILES string of the molecule is O=C(Nc1cc(F)ccc1F)c1ccc(Cn2cc(Cl)cn2)cc1. The minimum absolute atomic E-state index is 0.199. The highest BCUT2D eigenvalue weighted by atomic mass is 35.5. The lowest BCUT2D eigenvalue weighted by atomic mass is 10.1. The number of aromatic nitrogens is 2. The Morgan fingerprint density at radius 3 is 2.58 bits per heavy atom. The first-order valence-corrected chi connectivity index (χ1v) is 7.42. The highest BCUT2D eigenvalue weighted by molar-refractivity contribution is 6.30. The van der Waals surface area contributed by atoms with Gasteiger partial charge in [0, 0.05) is 17.8 Å². The molecule has 0 atom stereocenters. The van der Waals surface area contributed by atoms with Gasteiger partial charge in [0.1, 0.15) is 11.6 Å². The van der Waals surface area contributed by atoms with Gasteiger partial charge in [-0.25, -0.2) is 8.78 Å². The highest BCUT2D eigenvalue weighted by Gasteiger charge is 2.10. The van der Waals surface area contributed by atoms with Gasteiger partial charge in [-0.15, -0.1) is 0 Å². The predicted molar refractivity (Wildman–Crippen MR) is 87.1 cm³/mol. The number of hydrogen-bond donors (Lipinski definition) is 1. The molecule has 0 aliphatic carbocycles. The van der Waals surface area contributed by atoms with E-state index in [2.05, 4.69) is 10.4 Å². The standard InChI is InChI=1S/C17H12ClF2N3O/c18-13-8-21-23(10-13)9-11-1-3-12(4-2-11)17(24)22-16-7-14(19)5-6-15(16)20/h1-8,10H,9H2,(H,22,24). The molecule has 0 aliphatic rings. The first kappa shape index (κ1) is 16.1. The van der Waals surface area contributed by atoms with Crippen LogP contribution >= 0.6 is 11.6 Å². The van der Waals surface area contributed by atoms with Crippen molar-refractivity contribution in [1.82, 2.24) is 9.78 Å². The number of nitrogens with zero attached hydrogens (tertiary/aromatic N) is 2. The highest BCUT2D eigenvalue weighted by Crippen LogP contribution is 2.17. The average Bonchev–Trinajstić information content (AvgIpc) is 2.96. The van der Waals surface area contributed by atoms with Crippen LogP contribution in [0.1, 0.15) is 15.9 Å². The molecular formula is C17H12ClF2N3O. The van der Waals surface area contributed by atoms with Crippen molar-refractivity contribution in [1.29, 1.82) is 0 Å². The third-order valence-electron chi connectivity index (χ3n) is 3.34. The molecule has 0 saturated carbocycles. The number of halogens is 3. The Hall–Kier alpha value is -2.73. The second kappa shape index (κ2) is 6.80. The van der Waals surface area contributed by atoms with Gasteiger partial charge in [0.2, 0.25) is 0 Å². The number of hydrogen-bond acceptors (Lipinski definition) is 2. The van der Waals surface area contributed by atoms with Crippen molar-refractivity contribution in [3.05, 3.63) is 82.6 Å². The van der Waals surface area contributed by atoms with E-state index in [9.17, 15) is 13.6 Å². The Morgan fingerprint density at radius 1 is 1.17 bits per heavy atom. The van der Waals surface area contributed by atoms with Crippen molar-refractivity contribution in [2.45, 2.75) is 6.54 Å². The average molecular weight is 348 g/mol. The van der Waals surface area contributed by atoms with Crippen LogP contribution in [0.3, 0.4) is 0 Å². The largest absolute Gasteiger partial charge is 0.319 e. The Morgan fingerprint density at radius 2 is 1.92 bits per heavy atom. The first-order chi connectivity index (χ1) is 11.5. The molecule has 0 fully saturated rings. The predicted octanol–water partition coefficient (Wildman–Crippen LogP) is 4.12. The van der Waals surface area contributed by atoms with Crippen molar-refractivity contribution in [3.63, 3.8) is 0 Å². The number of nitrogens with one attached hydrogen (secondary N) is 1. The maximum atomic E-state index is 13.6. The van der Waals surface area contributed by atoms with Crippen LogP contribution in [-0.2, 0) is 6.54 Å². The molecular weight excluding hydrogens is 336 g/mol. The van der Waals surface area contributed by atoms with E-state index in [1.165, 1.54) is 6.20 Å². The number of carbonyl (C=O) groups is 1. The number of rotatable bonds is 4. The van der Waals surface area contributed by atoms with Crippen LogP contribution in [0, 0.1) is 11.6 Å². The summed E-state index contributed by atoms with van der Waals surface area (Å²) in [6, 6.07) is 9.60. The summed E-state index contributed by atoms with van der Waals surface area (Å²) in [7, 11) is 0. The summed E-state index contributed by atoms with van der Waals surface area (Å²) in [5, 5.41) is 6.97. The van der Waals surface area contributed by atoms with E-state index in [0.29, 0.717) is 17.1 Å². The molecule has 1 N–H and O–H groups in total. The van der Waals surface area contributed by atoms with Gasteiger partial charge in [-0.1, -0.05) is 23.7 Å². The van der Waals surface area contributed by atoms with Crippen molar-refractivity contribution in [2.24, 2.45) is 0 Å². The molecule has 0 spiro atoms. The molecule has 0 unspecified atom stereocenters. The Balaban J connectivity index is 1.70. The summed E-state index contributed by atoms with van der Waals surface area (Å²) in [6.07, 6.45) is 3.23. The molecule has 24 heavy (non-hydrogen) atoms. The lowest BCUT2D eigenvalue weighted by Crippen LogP contribution is -2.13. The minimum atomic E-state index is -0.697. The van der Waals surface area contributed by atoms with Gasteiger partial charge in [0.15, 0.2) is 0 Å². The fraction of sp³-hybridized carbons (Fsp3) is 0.0588. The molecule has 4 nitrogen and oxygen atoms in total. The van der Waals surface area contributed by atoms with Crippen LogP contribution in [0.5, 0.6) is 0 Å². The van der Waals surface area contributed by atoms with E-state index < -0.39 is 17.5 Å². The first-order valence-electron chi connectivity index (χ1n) is 7.04. The topological polar surface area (TPSA) is 46.9 Å². The Labute approximate surface area is 141 Å². The maximum absolute atomic E-state index is 13.6. The zero-order valence-electron chi connectivity index (χ0n) is 12.3. The zero-order chi connectivity index (χ0) is 17.1. The second-order valence-electron chi connectivity index (χ2n) is 5.13. The minimum Gasteiger partial charge on any atom is -0.319 e. The monoisotopic (exact) mass is 347 g/mol. The lowest BCUT2D eigenvalue weighted by Gasteiger charge is -2.07. The number of benzene rings is 2. The smallest absolute Gasteiger partial charge is 0.255 e. The third kappa shape index (κ3) is 3.78. The van der Waals surface area contributed by atoms with E-state index in [-0.39, 0.29) is 5.69 Å². The van der Waals surface area contributed by atoms with Crippen molar-refractivity contribution in [2.75, 3.05) is 5.32 Å². The summed E-state index contributed by atoms with van der Waals surface area (Å²) >= 11 is 5.80. The molecule has 0 saturated heterocycles. The molecule has 122 valence electrons. The van der Waals surface area contributed by atoms with E-state index in [4.69, 9.17) is 11.6 Å². The molecule has 1 amide bonds. The zero-order valence-corrected chi connectivity index (χ0v) is 13.1. The number of amides is 1. The van der Waals surface area contributed by atoms with Gasteiger partial charge in [0.05, 0.1) is 23.5 Å². The van der Waals surface area contributed by atoms with Crippen LogP contribution in [0.4, 0.5) is 14.5 Å². The van der Waals surface area contributed by atoms with Crippen molar-refractivity contribution >= 4 is 23.2 Å². The van der Waals surface area contributed by atoms with Gasteiger partial charge in [-0.05, 0) is 29.8 Å². The molecule has 0 radical (unpaired) electrons. The van der Waals surface area contributed by atoms with Crippen molar-refractivity contribution < 1.29 is 13.6 Å². The second-order valence-corrected chi connectivity index (χ2v) is 5.57. The fourth-order valence-corrected chi connectivity index (χ4v) is 2.32. The molecule has 2 aromatic carbocycles. The molecule has 0 aliphatic heterocycles. The van der Waals surface area contributed by atoms with E-state index >= 15 is 0 Å². The Kier molecular flexibility index (Phi) is 4.57. The lowest BCUT2D eigenvalue weighted by molar-refractivity contribution is 0.102. The van der Waals surface area contributed by atoms with E-state index in [1.807, 2.05) is 0 Å². The van der Waals surface area contributed by atoms with E-state index in [0.717, 1.165) is 23.8 Å². The van der Waals surface area contributed by atoms with Gasteiger partial charge < -0.3 is 5.32 Å². The third-order valence-corrected chi connectivity index (χ3v) is 3.53. The number of anilines is 1. The quantitative estimate of drug-likeness (QED) is 0.772. The van der Waals surface area contributed by atoms with Crippen LogP contribution in [0.25, 0.3) is 0 Å². The molecule has 0 bridgehead atoms. The Bertz CT molecular complexity index is 878. The van der Waals surface area contributed by atoms with Crippen LogP contribution in [-0.4, -0.2) is 15.7 Å². The van der Waals surface area contributed by atoms with E-state index in [1.54, 1.807) is 35.1 Å². The fourth-order valence-electron chi connectivity index (χ4n) is 2.16. The molecule has 7 heteroatoms. The summed E-state index contributed by atoms with van der Waals surface area (Å²) in [5.41, 5.74) is 1.06. The molecule has 3 aromatic rings. The summed E-state index contributed by atoms with van der Waals surface area (Å²) in [6.45, 7) is 0.507. The normalized spacial score (nSPS) is 10.6. The maximum Gasteiger partial charge on any atom is 0.255 e. The molecule has 1 heterocycles. The van der Waals surface area contributed by atoms with Gasteiger partial charge in [-0.2, -0.15) is 5.10 Å². The van der Waals surface area contributed by atoms with Crippen molar-refractivity contribution in [3.8, 4) is 0 Å². The van der Waals surface area contributed by atoms with Gasteiger partial charge in [0.25, 0.3) is 5.91 Å². The van der Waals surface area contributed by atoms with Crippen LogP contribution in [0.15, 0.2) is 54.9 Å². The van der Waals surface area contributed by atoms with Crippen LogP contribution in [0.2, 0.25) is 5.02 Å².